The van der Waals surface area contributed by atoms with E-state index in [9.17, 15) is 10.1 Å². The number of hydrogen-bond acceptors (Lipinski definition) is 3. The van der Waals surface area contributed by atoms with Crippen LogP contribution in [0, 0.1) is 21.4 Å². The van der Waals surface area contributed by atoms with Crippen molar-refractivity contribution < 1.29 is 4.92 Å². The molecule has 0 unspecified atom stereocenters. The van der Waals surface area contributed by atoms with Crippen LogP contribution in [0.2, 0.25) is 0 Å². The van der Waals surface area contributed by atoms with Crippen LogP contribution in [0.25, 0.3) is 0 Å². The first-order valence-corrected chi connectivity index (χ1v) is 7.94. The molecule has 1 aliphatic rings. The summed E-state index contributed by atoms with van der Waals surface area (Å²) in [5.41, 5.74) is 2.10. The van der Waals surface area contributed by atoms with E-state index < -0.39 is 0 Å². The summed E-state index contributed by atoms with van der Waals surface area (Å²) in [6.07, 6.45) is 2.33. The first-order valence-electron chi connectivity index (χ1n) is 7.41. The molecule has 0 atom stereocenters. The number of nitro benzene ring substituents is 1. The zero-order valence-electron chi connectivity index (χ0n) is 12.9. The maximum atomic E-state index is 11.0. The summed E-state index contributed by atoms with van der Waals surface area (Å²) in [5, 5.41) is 11.0. The van der Waals surface area contributed by atoms with Gasteiger partial charge in [0.25, 0.3) is 5.69 Å². The fraction of sp³-hybridized carbons (Fsp3) is 0.625. The zero-order valence-corrected chi connectivity index (χ0v) is 13.7. The lowest BCUT2D eigenvalue weighted by Gasteiger charge is -2.39. The van der Waals surface area contributed by atoms with Gasteiger partial charge in [-0.1, -0.05) is 20.8 Å². The van der Waals surface area contributed by atoms with Gasteiger partial charge in [0.1, 0.15) is 0 Å². The summed E-state index contributed by atoms with van der Waals surface area (Å²) in [6.45, 7) is 8.89. The molecule has 116 valence electrons. The number of nitro groups is 1. The monoisotopic (exact) mass is 310 g/mol. The van der Waals surface area contributed by atoms with E-state index in [4.69, 9.17) is 11.6 Å². The van der Waals surface area contributed by atoms with Crippen LogP contribution < -0.4 is 4.90 Å². The highest BCUT2D eigenvalue weighted by Crippen LogP contribution is 2.36. The topological polar surface area (TPSA) is 46.4 Å². The third-order valence-corrected chi connectivity index (χ3v) is 4.78. The number of alkyl halides is 1. The second-order valence-electron chi connectivity index (χ2n) is 6.83. The van der Waals surface area contributed by atoms with E-state index in [2.05, 4.69) is 25.7 Å². The van der Waals surface area contributed by atoms with Crippen molar-refractivity contribution in [2.75, 3.05) is 18.0 Å². The van der Waals surface area contributed by atoms with E-state index in [1.807, 2.05) is 12.1 Å². The molecule has 0 aliphatic carbocycles. The Morgan fingerprint density at radius 1 is 1.33 bits per heavy atom. The van der Waals surface area contributed by atoms with Gasteiger partial charge in [0.2, 0.25) is 0 Å². The number of benzene rings is 1. The average molecular weight is 311 g/mol. The predicted octanol–water partition coefficient (Wildman–Crippen LogP) is 4.60. The fourth-order valence-corrected chi connectivity index (χ4v) is 3.27. The summed E-state index contributed by atoms with van der Waals surface area (Å²) in [5.74, 6) is 0.905. The van der Waals surface area contributed by atoms with E-state index in [1.165, 1.54) is 0 Å². The number of hydrogen-bond donors (Lipinski definition) is 0. The van der Waals surface area contributed by atoms with Gasteiger partial charge in [-0.15, -0.1) is 11.6 Å². The average Bonchev–Trinajstić information content (AvgIpc) is 2.45. The molecule has 1 aliphatic heterocycles. The van der Waals surface area contributed by atoms with Crippen LogP contribution >= 0.6 is 11.6 Å². The van der Waals surface area contributed by atoms with E-state index in [1.54, 1.807) is 6.07 Å². The van der Waals surface area contributed by atoms with Crippen molar-refractivity contribution in [2.45, 2.75) is 39.5 Å². The van der Waals surface area contributed by atoms with Crippen molar-refractivity contribution in [3.05, 3.63) is 33.9 Å². The summed E-state index contributed by atoms with van der Waals surface area (Å²) in [7, 11) is 0. The van der Waals surface area contributed by atoms with Crippen LogP contribution in [0.15, 0.2) is 18.2 Å². The van der Waals surface area contributed by atoms with Gasteiger partial charge in [0.05, 0.1) is 10.8 Å². The Hall–Kier alpha value is -1.29. The molecule has 1 fully saturated rings. The van der Waals surface area contributed by atoms with Crippen molar-refractivity contribution in [3.63, 3.8) is 0 Å². The molecule has 0 aromatic heterocycles. The molecule has 0 bridgehead atoms. The second kappa shape index (κ2) is 6.22. The Balaban J connectivity index is 2.12. The molecule has 1 aromatic rings. The van der Waals surface area contributed by atoms with Crippen LogP contribution in [0.5, 0.6) is 0 Å². The summed E-state index contributed by atoms with van der Waals surface area (Å²) in [4.78, 5) is 12.9. The van der Waals surface area contributed by atoms with Gasteiger partial charge in [-0.25, -0.2) is 0 Å². The second-order valence-corrected chi connectivity index (χ2v) is 7.10. The van der Waals surface area contributed by atoms with Gasteiger partial charge < -0.3 is 4.90 Å². The third-order valence-electron chi connectivity index (χ3n) is 4.49. The van der Waals surface area contributed by atoms with Crippen molar-refractivity contribution in [3.8, 4) is 0 Å². The number of anilines is 1. The molecule has 21 heavy (non-hydrogen) atoms. The molecule has 0 amide bonds. The first-order chi connectivity index (χ1) is 9.82. The number of piperidine rings is 1. The lowest BCUT2D eigenvalue weighted by molar-refractivity contribution is -0.385. The standard InChI is InChI=1S/C16H23ClN2O2/c1-16(2,3)13-6-8-18(9-7-13)14-4-5-15(19(20)21)12(10-14)11-17/h4-5,10,13H,6-9,11H2,1-3H3. The minimum Gasteiger partial charge on any atom is -0.372 e. The van der Waals surface area contributed by atoms with Gasteiger partial charge in [-0.05, 0) is 36.3 Å². The zero-order chi connectivity index (χ0) is 15.6. The molecule has 1 aromatic carbocycles. The number of nitrogens with zero attached hydrogens (tertiary/aromatic N) is 2. The minimum atomic E-state index is -0.368. The maximum absolute atomic E-state index is 11.0. The van der Waals surface area contributed by atoms with E-state index in [-0.39, 0.29) is 16.5 Å². The Morgan fingerprint density at radius 3 is 2.43 bits per heavy atom. The molecule has 1 heterocycles. The molecule has 4 nitrogen and oxygen atoms in total. The lowest BCUT2D eigenvalue weighted by atomic mass is 9.75. The van der Waals surface area contributed by atoms with Crippen molar-refractivity contribution in [1.29, 1.82) is 0 Å². The molecule has 5 heteroatoms. The maximum Gasteiger partial charge on any atom is 0.273 e. The largest absolute Gasteiger partial charge is 0.372 e. The number of rotatable bonds is 3. The van der Waals surface area contributed by atoms with Gasteiger partial charge in [0, 0.05) is 30.4 Å². The predicted molar refractivity (Wildman–Crippen MR) is 87.0 cm³/mol. The van der Waals surface area contributed by atoms with Crippen LogP contribution in [0.4, 0.5) is 11.4 Å². The fourth-order valence-electron chi connectivity index (χ4n) is 3.06. The Morgan fingerprint density at radius 2 is 1.95 bits per heavy atom. The van der Waals surface area contributed by atoms with Crippen molar-refractivity contribution >= 4 is 23.0 Å². The summed E-state index contributed by atoms with van der Waals surface area (Å²) in [6, 6.07) is 5.27. The van der Waals surface area contributed by atoms with Crippen molar-refractivity contribution in [1.82, 2.24) is 0 Å². The molecule has 0 saturated carbocycles. The van der Waals surface area contributed by atoms with E-state index in [0.717, 1.165) is 37.5 Å². The van der Waals surface area contributed by atoms with Gasteiger partial charge in [-0.2, -0.15) is 0 Å². The normalized spacial score (nSPS) is 17.0. The molecular weight excluding hydrogens is 288 g/mol. The Labute approximate surface area is 131 Å². The quantitative estimate of drug-likeness (QED) is 0.466. The highest BCUT2D eigenvalue weighted by Gasteiger charge is 2.29. The third kappa shape index (κ3) is 3.67. The minimum absolute atomic E-state index is 0.110. The molecule has 2 rings (SSSR count). The van der Waals surface area contributed by atoms with Gasteiger partial charge >= 0.3 is 0 Å². The first kappa shape index (κ1) is 16.1. The Kier molecular flexibility index (Phi) is 4.77. The van der Waals surface area contributed by atoms with Crippen molar-refractivity contribution in [2.24, 2.45) is 11.3 Å². The van der Waals surface area contributed by atoms with E-state index >= 15 is 0 Å². The van der Waals surface area contributed by atoms with Gasteiger partial charge in [-0.3, -0.25) is 10.1 Å². The van der Waals surface area contributed by atoms with Crippen LogP contribution in [0.3, 0.4) is 0 Å². The van der Waals surface area contributed by atoms with Gasteiger partial charge in [0.15, 0.2) is 0 Å². The van der Waals surface area contributed by atoms with E-state index in [0.29, 0.717) is 11.0 Å². The lowest BCUT2D eigenvalue weighted by Crippen LogP contribution is -2.38. The molecule has 1 saturated heterocycles. The van der Waals surface area contributed by atoms with Crippen LogP contribution in [-0.4, -0.2) is 18.0 Å². The van der Waals surface area contributed by atoms with Crippen LogP contribution in [0.1, 0.15) is 39.2 Å². The summed E-state index contributed by atoms with van der Waals surface area (Å²) >= 11 is 5.85. The highest BCUT2D eigenvalue weighted by molar-refractivity contribution is 6.17. The molecule has 0 N–H and O–H groups in total. The SMILES string of the molecule is CC(C)(C)C1CCN(c2ccc([N+](=O)[O-])c(CCl)c2)CC1. The smallest absolute Gasteiger partial charge is 0.273 e. The highest BCUT2D eigenvalue weighted by atomic mass is 35.5. The molecular formula is C16H23ClN2O2. The molecule has 0 radical (unpaired) electrons. The number of halogens is 1. The Bertz CT molecular complexity index is 517. The van der Waals surface area contributed by atoms with Crippen LogP contribution in [-0.2, 0) is 5.88 Å². The molecule has 0 spiro atoms. The summed E-state index contributed by atoms with van der Waals surface area (Å²) < 4.78 is 0.